The van der Waals surface area contributed by atoms with E-state index in [1.165, 1.54) is 24.3 Å². The molecule has 5 aromatic carbocycles. The number of unbranched alkanes of at least 4 members (excludes halogenated alkanes) is 2. The molecule has 13 heteroatoms. The van der Waals surface area contributed by atoms with E-state index in [2.05, 4.69) is 30.7 Å². The van der Waals surface area contributed by atoms with Crippen molar-refractivity contribution in [2.24, 2.45) is 0 Å². The third-order valence-electron chi connectivity index (χ3n) is 11.5. The number of rotatable bonds is 17. The smallest absolute Gasteiger partial charge is 0.274 e. The molecule has 0 fully saturated rings. The Balaban J connectivity index is 1.31. The fraction of sp³-hybridized carbons (Fsp3) is 0.306. The second-order valence-corrected chi connectivity index (χ2v) is 17.9. The summed E-state index contributed by atoms with van der Waals surface area (Å²) in [6.07, 6.45) is 7.17. The molecule has 0 unspecified atom stereocenters. The summed E-state index contributed by atoms with van der Waals surface area (Å²) >= 11 is 6.39. The van der Waals surface area contributed by atoms with Crippen molar-refractivity contribution in [2.75, 3.05) is 19.7 Å². The summed E-state index contributed by atoms with van der Waals surface area (Å²) in [7, 11) is -4.39. The molecule has 322 valence electrons. The molecule has 11 nitrogen and oxygen atoms in total. The molecule has 1 atom stereocenters. The molecule has 0 saturated carbocycles. The Bertz CT molecular complexity index is 2680. The van der Waals surface area contributed by atoms with E-state index in [0.717, 1.165) is 54.2 Å². The summed E-state index contributed by atoms with van der Waals surface area (Å²) in [6, 6.07) is 31.4. The van der Waals surface area contributed by atoms with Gasteiger partial charge in [-0.2, -0.15) is 0 Å². The highest BCUT2D eigenvalue weighted by Gasteiger charge is 2.33. The Labute approximate surface area is 368 Å². The average molecular weight is 875 g/mol. The van der Waals surface area contributed by atoms with Crippen molar-refractivity contribution in [3.05, 3.63) is 154 Å². The van der Waals surface area contributed by atoms with Gasteiger partial charge in [0.15, 0.2) is 0 Å². The maximum Gasteiger partial charge on any atom is 0.274 e. The van der Waals surface area contributed by atoms with Crippen LogP contribution in [0.5, 0.6) is 0 Å². The number of imidazole rings is 1. The van der Waals surface area contributed by atoms with Crippen molar-refractivity contribution in [3.63, 3.8) is 0 Å². The minimum Gasteiger partial charge on any atom is -0.394 e. The Hall–Kier alpha value is -5.82. The standard InChI is InChI=1S/C49H52ClN5O6S/c1-3-5-25-53(26-6-4-2)49(59)45-32-54(27-13-16-34-14-8-7-9-15-34)46(51-45)41-24-22-37(29-43(41)48(58)55-31-38-18-11-10-17-36(38)28-39(55)33-56)47(57)52-62(60,61)40-23-21-35-19-12-20-44(50)42(35)30-40/h7-12,14-15,17-24,29-30,32,39,56H,3-6,13,16,25-28,31,33H2,1-2H3,(H,52,57)/t39-/m0/s1. The zero-order chi connectivity index (χ0) is 43.8. The summed E-state index contributed by atoms with van der Waals surface area (Å²) in [5.74, 6) is -1.26. The lowest BCUT2D eigenvalue weighted by Crippen LogP contribution is -2.46. The van der Waals surface area contributed by atoms with Gasteiger partial charge in [-0.05, 0) is 90.6 Å². The van der Waals surface area contributed by atoms with Crippen LogP contribution >= 0.6 is 11.6 Å². The Morgan fingerprint density at radius 3 is 2.31 bits per heavy atom. The third-order valence-corrected chi connectivity index (χ3v) is 13.1. The van der Waals surface area contributed by atoms with Gasteiger partial charge in [-0.3, -0.25) is 14.4 Å². The van der Waals surface area contributed by atoms with Crippen LogP contribution in [0.1, 0.15) is 93.8 Å². The van der Waals surface area contributed by atoms with Crippen molar-refractivity contribution >= 4 is 50.1 Å². The van der Waals surface area contributed by atoms with Gasteiger partial charge in [0.25, 0.3) is 27.7 Å². The van der Waals surface area contributed by atoms with Crippen molar-refractivity contribution in [3.8, 4) is 11.4 Å². The number of hydrogen-bond acceptors (Lipinski definition) is 7. The van der Waals surface area contributed by atoms with Crippen LogP contribution in [0, 0.1) is 0 Å². The molecule has 0 radical (unpaired) electrons. The van der Waals surface area contributed by atoms with E-state index in [4.69, 9.17) is 16.6 Å². The van der Waals surface area contributed by atoms with Gasteiger partial charge in [0.1, 0.15) is 11.5 Å². The van der Waals surface area contributed by atoms with Gasteiger partial charge in [-0.25, -0.2) is 18.1 Å². The first kappa shape index (κ1) is 44.2. The number of carbonyl (C=O) groups excluding carboxylic acids is 3. The monoisotopic (exact) mass is 873 g/mol. The molecule has 1 aliphatic heterocycles. The molecule has 0 spiro atoms. The predicted octanol–water partition coefficient (Wildman–Crippen LogP) is 8.71. The molecule has 2 N–H and O–H groups in total. The fourth-order valence-corrected chi connectivity index (χ4v) is 9.23. The van der Waals surface area contributed by atoms with Gasteiger partial charge in [0.05, 0.1) is 23.1 Å². The quantitative estimate of drug-likeness (QED) is 0.0934. The van der Waals surface area contributed by atoms with Gasteiger partial charge in [-0.1, -0.05) is 111 Å². The van der Waals surface area contributed by atoms with Crippen molar-refractivity contribution in [2.45, 2.75) is 82.8 Å². The lowest BCUT2D eigenvalue weighted by molar-refractivity contribution is 0.0544. The fourth-order valence-electron chi connectivity index (χ4n) is 8.00. The highest BCUT2D eigenvalue weighted by molar-refractivity contribution is 7.90. The summed E-state index contributed by atoms with van der Waals surface area (Å²) in [5.41, 5.74) is 3.71. The van der Waals surface area contributed by atoms with E-state index in [1.807, 2.05) is 51.9 Å². The van der Waals surface area contributed by atoms with Crippen LogP contribution in [0.4, 0.5) is 0 Å². The van der Waals surface area contributed by atoms with E-state index in [1.54, 1.807) is 41.4 Å². The van der Waals surface area contributed by atoms with E-state index in [9.17, 15) is 23.1 Å². The molecular formula is C49H52ClN5O6S. The second kappa shape index (κ2) is 19.9. The number of nitrogens with one attached hydrogen (secondary N) is 1. The summed E-state index contributed by atoms with van der Waals surface area (Å²) < 4.78 is 31.5. The number of aromatic nitrogens is 2. The maximum atomic E-state index is 15.0. The van der Waals surface area contributed by atoms with Crippen LogP contribution in [0.2, 0.25) is 5.02 Å². The van der Waals surface area contributed by atoms with Crippen LogP contribution in [0.15, 0.2) is 120 Å². The van der Waals surface area contributed by atoms with Gasteiger partial charge in [-0.15, -0.1) is 0 Å². The van der Waals surface area contributed by atoms with Gasteiger partial charge in [0, 0.05) is 53.9 Å². The molecule has 6 aromatic rings. The Kier molecular flexibility index (Phi) is 14.2. The number of sulfonamides is 1. The normalized spacial score (nSPS) is 13.8. The van der Waals surface area contributed by atoms with Crippen molar-refractivity contribution < 1.29 is 27.9 Å². The van der Waals surface area contributed by atoms with Gasteiger partial charge in [0.2, 0.25) is 0 Å². The molecule has 0 aliphatic carbocycles. The Morgan fingerprint density at radius 2 is 1.58 bits per heavy atom. The van der Waals surface area contributed by atoms with Crippen LogP contribution < -0.4 is 4.72 Å². The maximum absolute atomic E-state index is 15.0. The second-order valence-electron chi connectivity index (χ2n) is 15.8. The number of aliphatic hydroxyl groups excluding tert-OH is 1. The molecule has 1 aromatic heterocycles. The zero-order valence-corrected chi connectivity index (χ0v) is 36.7. The summed E-state index contributed by atoms with van der Waals surface area (Å²) in [4.78, 5) is 51.5. The first-order chi connectivity index (χ1) is 30.0. The number of amides is 3. The number of aryl methyl sites for hydroxylation is 2. The molecule has 0 saturated heterocycles. The van der Waals surface area contributed by atoms with Crippen LogP contribution in [0.3, 0.4) is 0 Å². The van der Waals surface area contributed by atoms with E-state index in [0.29, 0.717) is 54.3 Å². The van der Waals surface area contributed by atoms with E-state index >= 15 is 4.79 Å². The summed E-state index contributed by atoms with van der Waals surface area (Å²) in [5, 5.41) is 12.2. The van der Waals surface area contributed by atoms with Crippen molar-refractivity contribution in [1.82, 2.24) is 24.1 Å². The highest BCUT2D eigenvalue weighted by Crippen LogP contribution is 2.32. The van der Waals surface area contributed by atoms with Crippen LogP contribution in [-0.2, 0) is 36.0 Å². The number of carbonyl (C=O) groups is 3. The van der Waals surface area contributed by atoms with E-state index in [-0.39, 0.29) is 40.8 Å². The Morgan fingerprint density at radius 1 is 0.855 bits per heavy atom. The number of halogens is 1. The molecule has 1 aliphatic rings. The van der Waals surface area contributed by atoms with Crippen LogP contribution in [-0.4, -0.2) is 76.3 Å². The number of nitrogens with zero attached hydrogens (tertiary/aromatic N) is 4. The first-order valence-corrected chi connectivity index (χ1v) is 23.2. The van der Waals surface area contributed by atoms with Gasteiger partial charge < -0.3 is 19.5 Å². The molecular weight excluding hydrogens is 822 g/mol. The molecule has 2 heterocycles. The number of fused-ring (bicyclic) bond motifs is 2. The predicted molar refractivity (Wildman–Crippen MR) is 243 cm³/mol. The largest absolute Gasteiger partial charge is 0.394 e. The number of benzene rings is 5. The third kappa shape index (κ3) is 9.94. The number of hydrogen-bond donors (Lipinski definition) is 2. The molecule has 7 rings (SSSR count). The van der Waals surface area contributed by atoms with Crippen molar-refractivity contribution in [1.29, 1.82) is 0 Å². The lowest BCUT2D eigenvalue weighted by Gasteiger charge is -2.36. The minimum atomic E-state index is -4.39. The van der Waals surface area contributed by atoms with Crippen LogP contribution in [0.25, 0.3) is 22.2 Å². The zero-order valence-electron chi connectivity index (χ0n) is 35.1. The van der Waals surface area contributed by atoms with E-state index < -0.39 is 27.9 Å². The topological polar surface area (TPSA) is 142 Å². The summed E-state index contributed by atoms with van der Waals surface area (Å²) in [6.45, 7) is 5.72. The SMILES string of the molecule is CCCCN(CCCC)C(=O)c1cn(CCCc2ccccc2)c(-c2ccc(C(=O)NS(=O)(=O)c3ccc4cccc(Cl)c4c3)cc2C(=O)N2Cc3ccccc3C[C@H]2CO)n1. The minimum absolute atomic E-state index is 0.0769. The first-order valence-electron chi connectivity index (χ1n) is 21.3. The molecule has 3 amide bonds. The highest BCUT2D eigenvalue weighted by atomic mass is 35.5. The number of aliphatic hydroxyl groups is 1. The lowest BCUT2D eigenvalue weighted by atomic mass is 9.92. The molecule has 62 heavy (non-hydrogen) atoms. The molecule has 0 bridgehead atoms. The average Bonchev–Trinajstić information content (AvgIpc) is 3.72. The van der Waals surface area contributed by atoms with Gasteiger partial charge >= 0.3 is 0 Å².